The average molecular weight is 541 g/mol. The van der Waals surface area contributed by atoms with Gasteiger partial charge in [-0.1, -0.05) is 72.8 Å². The lowest BCUT2D eigenvalue weighted by molar-refractivity contribution is 0.666. The zero-order valence-corrected chi connectivity index (χ0v) is 22.6. The maximum absolute atomic E-state index is 9.67. The highest BCUT2D eigenvalue weighted by molar-refractivity contribution is 7.25. The van der Waals surface area contributed by atoms with Crippen molar-refractivity contribution in [1.29, 1.82) is 5.26 Å². The van der Waals surface area contributed by atoms with E-state index in [1.165, 1.54) is 25.7 Å². The highest BCUT2D eigenvalue weighted by atomic mass is 32.1. The molecule has 0 spiro atoms. The van der Waals surface area contributed by atoms with E-state index < -0.39 is 0 Å². The zero-order chi connectivity index (χ0) is 27.1. The molecule has 0 aliphatic carbocycles. The van der Waals surface area contributed by atoms with Crippen LogP contribution in [-0.4, -0.2) is 4.57 Å². The molecule has 4 heteroatoms. The molecule has 190 valence electrons. The first kappa shape index (κ1) is 22.4. The van der Waals surface area contributed by atoms with E-state index in [0.717, 1.165) is 55.0 Å². The van der Waals surface area contributed by atoms with Crippen LogP contribution in [0.25, 0.3) is 80.7 Å². The minimum absolute atomic E-state index is 0.636. The summed E-state index contributed by atoms with van der Waals surface area (Å²) in [5.41, 5.74) is 7.71. The number of rotatable bonds is 2. The number of aromatic nitrogens is 1. The minimum Gasteiger partial charge on any atom is -0.454 e. The summed E-state index contributed by atoms with van der Waals surface area (Å²) in [4.78, 5) is 0. The van der Waals surface area contributed by atoms with Gasteiger partial charge in [0.2, 0.25) is 0 Å². The summed E-state index contributed by atoms with van der Waals surface area (Å²) in [6.45, 7) is 0. The van der Waals surface area contributed by atoms with E-state index in [1.807, 2.05) is 29.5 Å². The summed E-state index contributed by atoms with van der Waals surface area (Å²) in [6.07, 6.45) is 0. The van der Waals surface area contributed by atoms with Gasteiger partial charge in [-0.3, -0.25) is 0 Å². The van der Waals surface area contributed by atoms with Crippen molar-refractivity contribution in [2.75, 3.05) is 0 Å². The summed E-state index contributed by atoms with van der Waals surface area (Å²) >= 11 is 1.84. The Morgan fingerprint density at radius 1 is 0.610 bits per heavy atom. The van der Waals surface area contributed by atoms with Crippen molar-refractivity contribution in [3.05, 3.63) is 127 Å². The summed E-state index contributed by atoms with van der Waals surface area (Å²) in [7, 11) is 0. The number of nitriles is 1. The Morgan fingerprint density at radius 2 is 1.39 bits per heavy atom. The fraction of sp³-hybridized carbons (Fsp3) is 0. The molecule has 0 atom stereocenters. The van der Waals surface area contributed by atoms with E-state index in [-0.39, 0.29) is 0 Å². The molecule has 0 saturated heterocycles. The van der Waals surface area contributed by atoms with Gasteiger partial charge in [0.05, 0.1) is 28.4 Å². The van der Waals surface area contributed by atoms with E-state index in [0.29, 0.717) is 5.56 Å². The molecule has 0 radical (unpaired) electrons. The van der Waals surface area contributed by atoms with Crippen LogP contribution < -0.4 is 0 Å². The predicted molar refractivity (Wildman–Crippen MR) is 171 cm³/mol. The first-order chi connectivity index (χ1) is 20.3. The number of fused-ring (bicyclic) bond motifs is 9. The second-order valence-electron chi connectivity index (χ2n) is 10.4. The number of nitrogens with zero attached hydrogens (tertiary/aromatic N) is 2. The van der Waals surface area contributed by atoms with Gasteiger partial charge in [-0.25, -0.2) is 0 Å². The molecule has 0 fully saturated rings. The molecule has 0 amide bonds. The Hall–Kier alpha value is -5.37. The SMILES string of the molecule is N#Cc1ccc2c3ccccc3n(-c3cccc4c3oc3cccc(-c5ccc6sc7ccccc7c6c5)c34)c2c1. The molecule has 0 aliphatic heterocycles. The second-order valence-corrected chi connectivity index (χ2v) is 11.5. The molecule has 0 unspecified atom stereocenters. The third kappa shape index (κ3) is 3.12. The molecule has 9 rings (SSSR count). The van der Waals surface area contributed by atoms with Crippen molar-refractivity contribution in [1.82, 2.24) is 4.57 Å². The van der Waals surface area contributed by atoms with Gasteiger partial charge in [0.15, 0.2) is 5.58 Å². The van der Waals surface area contributed by atoms with E-state index in [9.17, 15) is 5.26 Å². The summed E-state index contributed by atoms with van der Waals surface area (Å²) in [5.74, 6) is 0. The molecule has 0 bridgehead atoms. The molecule has 3 heterocycles. The van der Waals surface area contributed by atoms with Crippen LogP contribution in [0.4, 0.5) is 0 Å². The predicted octanol–water partition coefficient (Wildman–Crippen LogP) is 10.6. The number of hydrogen-bond acceptors (Lipinski definition) is 3. The Labute approximate surface area is 238 Å². The Bertz CT molecular complexity index is 2560. The lowest BCUT2D eigenvalue weighted by Gasteiger charge is -2.09. The first-order valence-electron chi connectivity index (χ1n) is 13.6. The third-order valence-electron chi connectivity index (χ3n) is 8.23. The maximum Gasteiger partial charge on any atom is 0.159 e. The molecule has 6 aromatic carbocycles. The van der Waals surface area contributed by atoms with Gasteiger partial charge in [0.25, 0.3) is 0 Å². The summed E-state index contributed by atoms with van der Waals surface area (Å²) < 4.78 is 11.5. The van der Waals surface area contributed by atoms with Crippen LogP contribution in [0.5, 0.6) is 0 Å². The number of hydrogen-bond donors (Lipinski definition) is 0. The standard InChI is InChI=1S/C37H20N2OS/c38-21-22-15-17-26-25-7-1-3-11-30(25)39(32(26)19-22)31-12-5-10-28-36-24(9-6-13-33(36)40-37(28)31)23-16-18-35-29(20-23)27-8-2-4-14-34(27)41-35/h1-20H. The van der Waals surface area contributed by atoms with Gasteiger partial charge in [-0.05, 0) is 59.7 Å². The molecule has 9 aromatic rings. The van der Waals surface area contributed by atoms with Crippen LogP contribution in [0.1, 0.15) is 5.56 Å². The van der Waals surface area contributed by atoms with Crippen LogP contribution in [0.3, 0.4) is 0 Å². The van der Waals surface area contributed by atoms with Gasteiger partial charge in [-0.2, -0.15) is 5.26 Å². The average Bonchev–Trinajstić information content (AvgIpc) is 3.69. The van der Waals surface area contributed by atoms with Gasteiger partial charge in [0, 0.05) is 41.7 Å². The van der Waals surface area contributed by atoms with Crippen molar-refractivity contribution >= 4 is 75.3 Å². The fourth-order valence-electron chi connectivity index (χ4n) is 6.44. The van der Waals surface area contributed by atoms with E-state index in [2.05, 4.69) is 114 Å². The highest BCUT2D eigenvalue weighted by Crippen LogP contribution is 2.43. The van der Waals surface area contributed by atoms with E-state index in [1.54, 1.807) is 0 Å². The van der Waals surface area contributed by atoms with Gasteiger partial charge < -0.3 is 8.98 Å². The summed E-state index contributed by atoms with van der Waals surface area (Å²) in [5, 5.41) is 16.7. The zero-order valence-electron chi connectivity index (χ0n) is 21.8. The maximum atomic E-state index is 9.67. The van der Waals surface area contributed by atoms with Crippen LogP contribution in [-0.2, 0) is 0 Å². The molecule has 41 heavy (non-hydrogen) atoms. The number of thiophene rings is 1. The molecule has 0 aliphatic rings. The van der Waals surface area contributed by atoms with Crippen molar-refractivity contribution in [2.45, 2.75) is 0 Å². The van der Waals surface area contributed by atoms with Gasteiger partial charge in [-0.15, -0.1) is 11.3 Å². The summed E-state index contributed by atoms with van der Waals surface area (Å²) in [6, 6.07) is 44.7. The number of para-hydroxylation sites is 2. The molecular formula is C37H20N2OS. The van der Waals surface area contributed by atoms with Crippen LogP contribution in [0.2, 0.25) is 0 Å². The first-order valence-corrected chi connectivity index (χ1v) is 14.4. The molecule has 3 aromatic heterocycles. The Kier molecular flexibility index (Phi) is 4.55. The largest absolute Gasteiger partial charge is 0.454 e. The minimum atomic E-state index is 0.636. The molecular weight excluding hydrogens is 520 g/mol. The van der Waals surface area contributed by atoms with Crippen molar-refractivity contribution in [3.8, 4) is 22.9 Å². The smallest absolute Gasteiger partial charge is 0.159 e. The number of benzene rings is 6. The van der Waals surface area contributed by atoms with Crippen molar-refractivity contribution in [2.24, 2.45) is 0 Å². The number of furan rings is 1. The molecule has 0 saturated carbocycles. The Morgan fingerprint density at radius 3 is 2.32 bits per heavy atom. The third-order valence-corrected chi connectivity index (χ3v) is 9.39. The van der Waals surface area contributed by atoms with Gasteiger partial charge in [0.1, 0.15) is 5.58 Å². The van der Waals surface area contributed by atoms with Crippen molar-refractivity contribution in [3.63, 3.8) is 0 Å². The van der Waals surface area contributed by atoms with Gasteiger partial charge >= 0.3 is 0 Å². The normalized spacial score (nSPS) is 11.9. The lowest BCUT2D eigenvalue weighted by Crippen LogP contribution is -1.94. The lowest BCUT2D eigenvalue weighted by atomic mass is 9.98. The second kappa shape index (κ2) is 8.32. The topological polar surface area (TPSA) is 41.9 Å². The Balaban J connectivity index is 1.35. The fourth-order valence-corrected chi connectivity index (χ4v) is 7.53. The van der Waals surface area contributed by atoms with Crippen molar-refractivity contribution < 1.29 is 4.42 Å². The van der Waals surface area contributed by atoms with E-state index in [4.69, 9.17) is 4.42 Å². The van der Waals surface area contributed by atoms with Crippen LogP contribution >= 0.6 is 11.3 Å². The molecule has 0 N–H and O–H groups in total. The van der Waals surface area contributed by atoms with E-state index >= 15 is 0 Å². The van der Waals surface area contributed by atoms with Crippen LogP contribution in [0.15, 0.2) is 126 Å². The van der Waals surface area contributed by atoms with Crippen LogP contribution in [0, 0.1) is 11.3 Å². The quantitative estimate of drug-likeness (QED) is 0.219. The monoisotopic (exact) mass is 540 g/mol. The highest BCUT2D eigenvalue weighted by Gasteiger charge is 2.20. The molecule has 3 nitrogen and oxygen atoms in total.